The first kappa shape index (κ1) is 28.2. The number of phenolic OH excluding ortho intramolecular Hbond substituents is 1. The molecule has 0 unspecified atom stereocenters. The molecule has 1 N–H and O–H groups in total. The van der Waals surface area contributed by atoms with Crippen LogP contribution in [0, 0.1) is 0 Å². The molecule has 0 fully saturated rings. The van der Waals surface area contributed by atoms with Gasteiger partial charge < -0.3 is 14.6 Å². The second-order valence-corrected chi connectivity index (χ2v) is 11.7. The lowest BCUT2D eigenvalue weighted by atomic mass is 9.92. The molecule has 3 aromatic heterocycles. The van der Waals surface area contributed by atoms with Gasteiger partial charge in [0, 0.05) is 35.3 Å². The molecule has 0 aliphatic heterocycles. The maximum Gasteiger partial charge on any atom is 0.306 e. The molecule has 0 spiro atoms. The summed E-state index contributed by atoms with van der Waals surface area (Å²) < 4.78 is 16.7. The number of benzene rings is 4. The van der Waals surface area contributed by atoms with E-state index in [2.05, 4.69) is 72.1 Å². The van der Waals surface area contributed by atoms with Crippen LogP contribution in [0.5, 0.6) is 29.1 Å². The molecule has 0 saturated heterocycles. The highest BCUT2D eigenvalue weighted by Gasteiger charge is 2.20. The maximum absolute atomic E-state index is 10.3. The molecule has 7 rings (SSSR count). The highest BCUT2D eigenvalue weighted by atomic mass is 16.5. The summed E-state index contributed by atoms with van der Waals surface area (Å²) in [6, 6.07) is 33.9. The zero-order valence-electron chi connectivity index (χ0n) is 25.7. The topological polar surface area (TPSA) is 74.3 Å². The van der Waals surface area contributed by atoms with Gasteiger partial charge in [0.25, 0.3) is 0 Å². The Morgan fingerprint density at radius 1 is 0.711 bits per heavy atom. The number of nitrogens with zero attached hydrogens (tertiary/aromatic N) is 4. The molecule has 0 aliphatic rings. The summed E-state index contributed by atoms with van der Waals surface area (Å²) in [5.41, 5.74) is 6.23. The van der Waals surface area contributed by atoms with Crippen LogP contribution in [-0.2, 0) is 0 Å². The van der Waals surface area contributed by atoms with Gasteiger partial charge in [-0.2, -0.15) is 4.98 Å². The van der Waals surface area contributed by atoms with E-state index in [0.717, 1.165) is 33.3 Å². The summed E-state index contributed by atoms with van der Waals surface area (Å²) in [5.74, 6) is 2.10. The molecular formula is C38H34N4O3. The first-order chi connectivity index (χ1) is 21.9. The van der Waals surface area contributed by atoms with Crippen molar-refractivity contribution in [1.82, 2.24) is 19.1 Å². The molecule has 7 aromatic rings. The van der Waals surface area contributed by atoms with Crippen LogP contribution in [0.25, 0.3) is 33.3 Å². The van der Waals surface area contributed by atoms with Gasteiger partial charge >= 0.3 is 6.01 Å². The van der Waals surface area contributed by atoms with E-state index < -0.39 is 0 Å². The van der Waals surface area contributed by atoms with Crippen molar-refractivity contribution < 1.29 is 14.6 Å². The molecule has 224 valence electrons. The van der Waals surface area contributed by atoms with Gasteiger partial charge in [-0.05, 0) is 59.4 Å². The maximum atomic E-state index is 10.3. The van der Waals surface area contributed by atoms with Crippen LogP contribution >= 0.6 is 0 Å². The number of imidazole rings is 1. The van der Waals surface area contributed by atoms with Gasteiger partial charge in [0.1, 0.15) is 11.4 Å². The Morgan fingerprint density at radius 3 is 2.22 bits per heavy atom. The molecule has 3 heterocycles. The lowest BCUT2D eigenvalue weighted by molar-refractivity contribution is 0.403. The molecule has 0 amide bonds. The molecule has 7 nitrogen and oxygen atoms in total. The Balaban J connectivity index is 1.31. The van der Waals surface area contributed by atoms with E-state index in [-0.39, 0.29) is 5.75 Å². The first-order valence-corrected chi connectivity index (χ1v) is 15.2. The molecular weight excluding hydrogens is 560 g/mol. The van der Waals surface area contributed by atoms with Crippen LogP contribution in [-0.4, -0.2) is 24.2 Å². The lowest BCUT2D eigenvalue weighted by Gasteiger charge is -2.21. The van der Waals surface area contributed by atoms with Crippen molar-refractivity contribution in [3.05, 3.63) is 127 Å². The Bertz CT molecular complexity index is 2130. The minimum atomic E-state index is 0.0553. The number of rotatable bonds is 8. The molecule has 0 saturated carbocycles. The number of hydrogen-bond donors (Lipinski definition) is 1. The number of hydrogen-bond acceptors (Lipinski definition) is 5. The van der Waals surface area contributed by atoms with Crippen molar-refractivity contribution in [1.29, 1.82) is 0 Å². The number of fused-ring (bicyclic) bond motifs is 3. The monoisotopic (exact) mass is 594 g/mol. The van der Waals surface area contributed by atoms with Crippen molar-refractivity contribution in [3.63, 3.8) is 0 Å². The van der Waals surface area contributed by atoms with Crippen LogP contribution < -0.4 is 9.47 Å². The number of ether oxygens (including phenoxy) is 2. The molecule has 0 radical (unpaired) electrons. The van der Waals surface area contributed by atoms with Gasteiger partial charge in [-0.3, -0.25) is 9.13 Å². The fraction of sp³-hybridized carbons (Fsp3) is 0.158. The van der Waals surface area contributed by atoms with Crippen LogP contribution in [0.3, 0.4) is 0 Å². The Kier molecular flexibility index (Phi) is 7.22. The summed E-state index contributed by atoms with van der Waals surface area (Å²) in [5, 5.41) is 12.3. The van der Waals surface area contributed by atoms with Crippen molar-refractivity contribution in [3.8, 4) is 40.5 Å². The average molecular weight is 595 g/mol. The SMILES string of the molecule is CC(C)c1cccc(C(C)C)c1-n1ccnc1Oc1cccc(-n2c3ccccc3c3ccc(Oc4ccccc4O)nc32)c1. The van der Waals surface area contributed by atoms with Gasteiger partial charge in [-0.15, -0.1) is 0 Å². The fourth-order valence-electron chi connectivity index (χ4n) is 5.91. The summed E-state index contributed by atoms with van der Waals surface area (Å²) in [6.45, 7) is 8.84. The van der Waals surface area contributed by atoms with E-state index in [1.807, 2.05) is 60.8 Å². The number of pyridine rings is 1. The first-order valence-electron chi connectivity index (χ1n) is 15.2. The summed E-state index contributed by atoms with van der Waals surface area (Å²) >= 11 is 0. The fourth-order valence-corrected chi connectivity index (χ4v) is 5.91. The molecule has 0 bridgehead atoms. The number of para-hydroxylation sites is 4. The number of phenols is 1. The average Bonchev–Trinajstić information content (AvgIpc) is 3.63. The van der Waals surface area contributed by atoms with Crippen molar-refractivity contribution in [2.24, 2.45) is 0 Å². The Labute approximate surface area is 262 Å². The van der Waals surface area contributed by atoms with Gasteiger partial charge in [0.05, 0.1) is 16.9 Å². The zero-order chi connectivity index (χ0) is 31.1. The van der Waals surface area contributed by atoms with Gasteiger partial charge in [0.15, 0.2) is 11.5 Å². The molecule has 4 aromatic carbocycles. The smallest absolute Gasteiger partial charge is 0.306 e. The van der Waals surface area contributed by atoms with E-state index in [4.69, 9.17) is 14.5 Å². The largest absolute Gasteiger partial charge is 0.504 e. The third kappa shape index (κ3) is 5.16. The quantitative estimate of drug-likeness (QED) is 0.190. The number of aromatic hydroxyl groups is 1. The normalized spacial score (nSPS) is 11.6. The molecule has 45 heavy (non-hydrogen) atoms. The van der Waals surface area contributed by atoms with Crippen molar-refractivity contribution >= 4 is 21.9 Å². The summed E-state index contributed by atoms with van der Waals surface area (Å²) in [7, 11) is 0. The molecule has 0 aliphatic carbocycles. The Morgan fingerprint density at radius 2 is 1.44 bits per heavy atom. The van der Waals surface area contributed by atoms with Gasteiger partial charge in [-0.1, -0.05) is 82.3 Å². The van der Waals surface area contributed by atoms with E-state index in [1.165, 1.54) is 11.1 Å². The van der Waals surface area contributed by atoms with Crippen molar-refractivity contribution in [2.75, 3.05) is 0 Å². The third-order valence-corrected chi connectivity index (χ3v) is 8.05. The van der Waals surface area contributed by atoms with E-state index >= 15 is 0 Å². The number of aromatic nitrogens is 4. The van der Waals surface area contributed by atoms with Crippen LogP contribution in [0.1, 0.15) is 50.7 Å². The predicted octanol–water partition coefficient (Wildman–Crippen LogP) is 9.90. The second-order valence-electron chi connectivity index (χ2n) is 11.7. The summed E-state index contributed by atoms with van der Waals surface area (Å²) in [6.07, 6.45) is 3.75. The van der Waals surface area contributed by atoms with Crippen LogP contribution in [0.15, 0.2) is 116 Å². The zero-order valence-corrected chi connectivity index (χ0v) is 25.7. The molecule has 7 heteroatoms. The highest BCUT2D eigenvalue weighted by Crippen LogP contribution is 2.37. The standard InChI is InChI=1S/C38H34N4O3/c1-24(2)28-14-10-15-29(25(3)4)36(28)41-22-21-39-38(41)44-27-12-9-11-26(23-27)42-32-16-6-5-13-30(32)31-19-20-35(40-37(31)42)45-34-18-8-7-17-33(34)43/h5-25,43H,1-4H3. The van der Waals surface area contributed by atoms with Crippen LogP contribution in [0.4, 0.5) is 0 Å². The Hall–Kier alpha value is -5.56. The molecule has 0 atom stereocenters. The van der Waals surface area contributed by atoms with Gasteiger partial charge in [-0.25, -0.2) is 4.98 Å². The highest BCUT2D eigenvalue weighted by molar-refractivity contribution is 6.08. The van der Waals surface area contributed by atoms with E-state index in [9.17, 15) is 5.11 Å². The third-order valence-electron chi connectivity index (χ3n) is 8.05. The minimum Gasteiger partial charge on any atom is -0.504 e. The minimum absolute atomic E-state index is 0.0553. The second kappa shape index (κ2) is 11.5. The van der Waals surface area contributed by atoms with Crippen molar-refractivity contribution in [2.45, 2.75) is 39.5 Å². The van der Waals surface area contributed by atoms with Crippen LogP contribution in [0.2, 0.25) is 0 Å². The van der Waals surface area contributed by atoms with Gasteiger partial charge in [0.2, 0.25) is 5.88 Å². The summed E-state index contributed by atoms with van der Waals surface area (Å²) in [4.78, 5) is 9.53. The van der Waals surface area contributed by atoms with E-state index in [0.29, 0.717) is 35.2 Å². The predicted molar refractivity (Wildman–Crippen MR) is 179 cm³/mol. The van der Waals surface area contributed by atoms with E-state index in [1.54, 1.807) is 24.4 Å². The lowest BCUT2D eigenvalue weighted by Crippen LogP contribution is -2.07.